The fourth-order valence-corrected chi connectivity index (χ4v) is 3.89. The zero-order valence-corrected chi connectivity index (χ0v) is 19.8. The van der Waals surface area contributed by atoms with Crippen LogP contribution in [0.1, 0.15) is 57.7 Å². The number of nitrogens with one attached hydrogen (secondary N) is 2. The van der Waals surface area contributed by atoms with Gasteiger partial charge in [-0.05, 0) is 63.6 Å². The van der Waals surface area contributed by atoms with Crippen LogP contribution in [0.5, 0.6) is 0 Å². The van der Waals surface area contributed by atoms with Crippen LogP contribution in [0.3, 0.4) is 0 Å². The van der Waals surface area contributed by atoms with Gasteiger partial charge in [0.05, 0.1) is 17.9 Å². The molecule has 0 radical (unpaired) electrons. The third-order valence-corrected chi connectivity index (χ3v) is 5.41. The number of aryl methyl sites for hydroxylation is 1. The molecule has 2 aromatic rings. The smallest absolute Gasteiger partial charge is 0.413 e. The predicted octanol–water partition coefficient (Wildman–Crippen LogP) is 4.68. The molecule has 1 aromatic carbocycles. The second kappa shape index (κ2) is 10.0. The number of hydrogen-bond acceptors (Lipinski definition) is 5. The molecular formula is C25H32N4O4. The third-order valence-electron chi connectivity index (χ3n) is 5.41. The lowest BCUT2D eigenvalue weighted by atomic mass is 9.90. The Morgan fingerprint density at radius 2 is 1.79 bits per heavy atom. The van der Waals surface area contributed by atoms with Gasteiger partial charge in [0, 0.05) is 6.54 Å². The standard InChI is InChI=1S/C25H32N4O4/c1-16-11-12-20(18-9-7-6-8-10-18)29(15-16)23(31)22(30)27-19-13-17(2)21(26-14-19)28-24(32)33-25(3,4)5/h6-10,13-14,16,20H,11-12,15H2,1-5H3,(H,27,30)(H,26,28,32). The average Bonchev–Trinajstić information content (AvgIpc) is 2.74. The third kappa shape index (κ3) is 6.54. The van der Waals surface area contributed by atoms with Crippen LogP contribution in [0.15, 0.2) is 42.6 Å². The van der Waals surface area contributed by atoms with Crippen LogP contribution in [0, 0.1) is 12.8 Å². The van der Waals surface area contributed by atoms with Crippen molar-refractivity contribution in [3.8, 4) is 0 Å². The summed E-state index contributed by atoms with van der Waals surface area (Å²) >= 11 is 0. The topological polar surface area (TPSA) is 101 Å². The highest BCUT2D eigenvalue weighted by Gasteiger charge is 2.34. The zero-order chi connectivity index (χ0) is 24.2. The summed E-state index contributed by atoms with van der Waals surface area (Å²) in [4.78, 5) is 43.7. The number of anilines is 2. The number of nitrogens with zero attached hydrogens (tertiary/aromatic N) is 2. The number of likely N-dealkylation sites (tertiary alicyclic amines) is 1. The van der Waals surface area contributed by atoms with Gasteiger partial charge in [0.2, 0.25) is 0 Å². The Balaban J connectivity index is 1.69. The first-order chi connectivity index (χ1) is 15.5. The summed E-state index contributed by atoms with van der Waals surface area (Å²) in [6.45, 7) is 9.68. The number of carbonyl (C=O) groups is 3. The first-order valence-corrected chi connectivity index (χ1v) is 11.2. The van der Waals surface area contributed by atoms with Crippen LogP contribution in [0.25, 0.3) is 0 Å². The Labute approximate surface area is 194 Å². The molecule has 1 aromatic heterocycles. The number of aromatic nitrogens is 1. The second-order valence-corrected chi connectivity index (χ2v) is 9.54. The molecule has 3 rings (SSSR count). The van der Waals surface area contributed by atoms with E-state index in [1.807, 2.05) is 30.3 Å². The van der Waals surface area contributed by atoms with Crippen LogP contribution in [-0.4, -0.2) is 39.9 Å². The van der Waals surface area contributed by atoms with Crippen LogP contribution in [-0.2, 0) is 14.3 Å². The van der Waals surface area contributed by atoms with Gasteiger partial charge in [0.1, 0.15) is 11.4 Å². The van der Waals surface area contributed by atoms with Gasteiger partial charge in [0.15, 0.2) is 0 Å². The Hall–Kier alpha value is -3.42. The monoisotopic (exact) mass is 452 g/mol. The van der Waals surface area contributed by atoms with Gasteiger partial charge in [-0.3, -0.25) is 14.9 Å². The van der Waals surface area contributed by atoms with Crippen LogP contribution >= 0.6 is 0 Å². The number of benzene rings is 1. The van der Waals surface area contributed by atoms with Crippen molar-refractivity contribution in [2.75, 3.05) is 17.2 Å². The molecule has 8 nitrogen and oxygen atoms in total. The van der Waals surface area contributed by atoms with E-state index in [-0.39, 0.29) is 6.04 Å². The Bertz CT molecular complexity index is 1020. The van der Waals surface area contributed by atoms with Crippen LogP contribution in [0.2, 0.25) is 0 Å². The summed E-state index contributed by atoms with van der Waals surface area (Å²) in [6.07, 6.45) is 2.60. The lowest BCUT2D eigenvalue weighted by Crippen LogP contribution is -2.46. The summed E-state index contributed by atoms with van der Waals surface area (Å²) in [5, 5.41) is 5.24. The zero-order valence-electron chi connectivity index (χ0n) is 19.8. The molecule has 2 unspecified atom stereocenters. The van der Waals surface area contributed by atoms with E-state index >= 15 is 0 Å². The molecule has 0 spiro atoms. The van der Waals surface area contributed by atoms with E-state index in [2.05, 4.69) is 22.5 Å². The number of rotatable bonds is 3. The molecule has 8 heteroatoms. The summed E-state index contributed by atoms with van der Waals surface area (Å²) in [6, 6.07) is 11.3. The number of pyridine rings is 1. The predicted molar refractivity (Wildman–Crippen MR) is 127 cm³/mol. The molecule has 2 atom stereocenters. The van der Waals surface area contributed by atoms with Gasteiger partial charge in [-0.25, -0.2) is 9.78 Å². The maximum absolute atomic E-state index is 13.1. The minimum absolute atomic E-state index is 0.124. The van der Waals surface area contributed by atoms with E-state index in [4.69, 9.17) is 4.74 Å². The molecule has 0 saturated carbocycles. The molecule has 1 fully saturated rings. The summed E-state index contributed by atoms with van der Waals surface area (Å²) in [5.74, 6) is -0.630. The van der Waals surface area contributed by atoms with E-state index in [1.54, 1.807) is 38.7 Å². The molecule has 0 aliphatic carbocycles. The highest BCUT2D eigenvalue weighted by molar-refractivity contribution is 6.39. The Morgan fingerprint density at radius 1 is 1.09 bits per heavy atom. The number of amides is 3. The summed E-state index contributed by atoms with van der Waals surface area (Å²) in [7, 11) is 0. The normalized spacial score (nSPS) is 18.4. The van der Waals surface area contributed by atoms with Gasteiger partial charge in [-0.1, -0.05) is 37.3 Å². The molecule has 1 aliphatic rings. The number of carbonyl (C=O) groups excluding carboxylic acids is 3. The fourth-order valence-electron chi connectivity index (χ4n) is 3.89. The molecule has 176 valence electrons. The Kier molecular flexibility index (Phi) is 7.36. The average molecular weight is 453 g/mol. The van der Waals surface area contributed by atoms with Crippen molar-refractivity contribution >= 4 is 29.4 Å². The van der Waals surface area contributed by atoms with Crippen molar-refractivity contribution in [3.63, 3.8) is 0 Å². The SMILES string of the molecule is Cc1cc(NC(=O)C(=O)N2CC(C)CCC2c2ccccc2)cnc1NC(=O)OC(C)(C)C. The lowest BCUT2D eigenvalue weighted by Gasteiger charge is -2.38. The molecule has 1 saturated heterocycles. The van der Waals surface area contributed by atoms with Crippen molar-refractivity contribution in [2.45, 2.75) is 59.1 Å². The minimum Gasteiger partial charge on any atom is -0.444 e. The van der Waals surface area contributed by atoms with Gasteiger partial charge in [0.25, 0.3) is 0 Å². The Morgan fingerprint density at radius 3 is 2.42 bits per heavy atom. The lowest BCUT2D eigenvalue weighted by molar-refractivity contribution is -0.146. The van der Waals surface area contributed by atoms with Crippen LogP contribution in [0.4, 0.5) is 16.3 Å². The van der Waals surface area contributed by atoms with Gasteiger partial charge in [-0.2, -0.15) is 0 Å². The minimum atomic E-state index is -0.709. The van der Waals surface area contributed by atoms with E-state index < -0.39 is 23.5 Å². The fraction of sp³-hybridized carbons (Fsp3) is 0.440. The first-order valence-electron chi connectivity index (χ1n) is 11.2. The van der Waals surface area contributed by atoms with Gasteiger partial charge < -0.3 is 15.0 Å². The molecule has 1 aliphatic heterocycles. The highest BCUT2D eigenvalue weighted by atomic mass is 16.6. The van der Waals surface area contributed by atoms with E-state index in [0.717, 1.165) is 18.4 Å². The van der Waals surface area contributed by atoms with Crippen molar-refractivity contribution < 1.29 is 19.1 Å². The van der Waals surface area contributed by atoms with E-state index in [1.165, 1.54) is 6.20 Å². The van der Waals surface area contributed by atoms with Crippen molar-refractivity contribution in [1.29, 1.82) is 0 Å². The highest BCUT2D eigenvalue weighted by Crippen LogP contribution is 2.33. The summed E-state index contributed by atoms with van der Waals surface area (Å²) < 4.78 is 5.24. The number of piperidine rings is 1. The second-order valence-electron chi connectivity index (χ2n) is 9.54. The molecule has 2 heterocycles. The molecule has 0 bridgehead atoms. The molecule has 33 heavy (non-hydrogen) atoms. The number of ether oxygens (including phenoxy) is 1. The maximum atomic E-state index is 13.1. The van der Waals surface area contributed by atoms with Gasteiger partial charge >= 0.3 is 17.9 Å². The number of hydrogen-bond donors (Lipinski definition) is 2. The van der Waals surface area contributed by atoms with Crippen molar-refractivity contribution in [3.05, 3.63) is 53.7 Å². The summed E-state index contributed by atoms with van der Waals surface area (Å²) in [5.41, 5.74) is 1.40. The quantitative estimate of drug-likeness (QED) is 0.659. The molecular weight excluding hydrogens is 420 g/mol. The maximum Gasteiger partial charge on any atom is 0.413 e. The first kappa shape index (κ1) is 24.2. The van der Waals surface area contributed by atoms with Crippen molar-refractivity contribution in [2.24, 2.45) is 5.92 Å². The van der Waals surface area contributed by atoms with E-state index in [9.17, 15) is 14.4 Å². The largest absolute Gasteiger partial charge is 0.444 e. The van der Waals surface area contributed by atoms with Crippen molar-refractivity contribution in [1.82, 2.24) is 9.88 Å². The van der Waals surface area contributed by atoms with Crippen LogP contribution < -0.4 is 10.6 Å². The van der Waals surface area contributed by atoms with E-state index in [0.29, 0.717) is 29.5 Å². The molecule has 2 N–H and O–H groups in total. The molecule has 3 amide bonds. The van der Waals surface area contributed by atoms with Gasteiger partial charge in [-0.15, -0.1) is 0 Å².